The van der Waals surface area contributed by atoms with E-state index in [1.54, 1.807) is 0 Å². The maximum atomic E-state index is 13.3. The highest BCUT2D eigenvalue weighted by Gasteiger charge is 2.29. The summed E-state index contributed by atoms with van der Waals surface area (Å²) in [6.45, 7) is 7.51. The van der Waals surface area contributed by atoms with Gasteiger partial charge in [-0.15, -0.1) is 0 Å². The molecular formula is C17H25FN2O2. The fourth-order valence-corrected chi connectivity index (χ4v) is 1.99. The first kappa shape index (κ1) is 18.1. The summed E-state index contributed by atoms with van der Waals surface area (Å²) in [6, 6.07) is 5.46. The number of halogens is 1. The molecule has 2 amide bonds. The average molecular weight is 308 g/mol. The van der Waals surface area contributed by atoms with E-state index in [4.69, 9.17) is 0 Å². The summed E-state index contributed by atoms with van der Waals surface area (Å²) in [7, 11) is 0. The molecule has 0 heterocycles. The van der Waals surface area contributed by atoms with Crippen LogP contribution in [-0.4, -0.2) is 22.4 Å². The third kappa shape index (κ3) is 5.47. The lowest BCUT2D eigenvalue weighted by Crippen LogP contribution is -2.55. The normalized spacial score (nSPS) is 11.1. The van der Waals surface area contributed by atoms with Gasteiger partial charge in [0.2, 0.25) is 5.91 Å². The zero-order chi connectivity index (χ0) is 16.8. The number of hydrazine groups is 1. The van der Waals surface area contributed by atoms with Gasteiger partial charge in [0.05, 0.1) is 5.54 Å². The van der Waals surface area contributed by atoms with Crippen LogP contribution in [0.1, 0.15) is 63.7 Å². The van der Waals surface area contributed by atoms with E-state index in [-0.39, 0.29) is 11.5 Å². The van der Waals surface area contributed by atoms with Crippen LogP contribution in [0.3, 0.4) is 0 Å². The summed E-state index contributed by atoms with van der Waals surface area (Å²) in [4.78, 5) is 24.6. The lowest BCUT2D eigenvalue weighted by atomic mass is 10.1. The van der Waals surface area contributed by atoms with Crippen molar-refractivity contribution >= 4 is 11.8 Å². The predicted octanol–water partition coefficient (Wildman–Crippen LogP) is 3.68. The Hall–Kier alpha value is -1.91. The van der Waals surface area contributed by atoms with E-state index in [0.29, 0.717) is 6.42 Å². The van der Waals surface area contributed by atoms with Crippen molar-refractivity contribution in [3.05, 3.63) is 35.6 Å². The molecule has 5 heteroatoms. The van der Waals surface area contributed by atoms with Crippen molar-refractivity contribution < 1.29 is 14.0 Å². The van der Waals surface area contributed by atoms with E-state index in [2.05, 4.69) is 12.3 Å². The number of carbonyl (C=O) groups excluding carboxylic acids is 2. The zero-order valence-electron chi connectivity index (χ0n) is 13.8. The van der Waals surface area contributed by atoms with Crippen LogP contribution in [0.5, 0.6) is 0 Å². The van der Waals surface area contributed by atoms with Gasteiger partial charge in [0.1, 0.15) is 5.82 Å². The minimum atomic E-state index is -0.607. The largest absolute Gasteiger partial charge is 0.273 e. The van der Waals surface area contributed by atoms with E-state index in [9.17, 15) is 14.0 Å². The molecule has 0 aliphatic heterocycles. The SMILES string of the molecule is CCCCCC(=O)NN(C(=O)c1cccc(F)c1)C(C)(C)C. The molecule has 0 saturated carbocycles. The van der Waals surface area contributed by atoms with Crippen LogP contribution in [0.4, 0.5) is 4.39 Å². The van der Waals surface area contributed by atoms with Gasteiger partial charge in [-0.05, 0) is 45.4 Å². The molecule has 0 atom stereocenters. The van der Waals surface area contributed by atoms with Gasteiger partial charge in [-0.3, -0.25) is 15.0 Å². The van der Waals surface area contributed by atoms with Crippen molar-refractivity contribution in [2.45, 2.75) is 58.9 Å². The van der Waals surface area contributed by atoms with Gasteiger partial charge in [0, 0.05) is 12.0 Å². The smallest absolute Gasteiger partial charge is 0.272 e. The van der Waals surface area contributed by atoms with Gasteiger partial charge in [-0.2, -0.15) is 0 Å². The van der Waals surface area contributed by atoms with Crippen LogP contribution in [0, 0.1) is 5.82 Å². The molecule has 0 saturated heterocycles. The third-order valence-corrected chi connectivity index (χ3v) is 3.19. The lowest BCUT2D eigenvalue weighted by Gasteiger charge is -2.35. The number of benzene rings is 1. The minimum Gasteiger partial charge on any atom is -0.273 e. The summed E-state index contributed by atoms with van der Waals surface area (Å²) < 4.78 is 13.3. The number of amides is 2. The van der Waals surface area contributed by atoms with Crippen LogP contribution in [-0.2, 0) is 4.79 Å². The first-order chi connectivity index (χ1) is 10.3. The van der Waals surface area contributed by atoms with Gasteiger partial charge in [-0.25, -0.2) is 9.40 Å². The van der Waals surface area contributed by atoms with Crippen molar-refractivity contribution in [1.82, 2.24) is 10.4 Å². The molecule has 22 heavy (non-hydrogen) atoms. The molecule has 1 aromatic rings. The van der Waals surface area contributed by atoms with Gasteiger partial charge in [0.15, 0.2) is 0 Å². The Morgan fingerprint density at radius 1 is 1.23 bits per heavy atom. The van der Waals surface area contributed by atoms with Gasteiger partial charge < -0.3 is 0 Å². The van der Waals surface area contributed by atoms with E-state index in [1.807, 2.05) is 20.8 Å². The highest BCUT2D eigenvalue weighted by Crippen LogP contribution is 2.16. The molecule has 0 spiro atoms. The van der Waals surface area contributed by atoms with Gasteiger partial charge >= 0.3 is 0 Å². The fourth-order valence-electron chi connectivity index (χ4n) is 1.99. The van der Waals surface area contributed by atoms with Crippen molar-refractivity contribution in [3.8, 4) is 0 Å². The van der Waals surface area contributed by atoms with Crippen molar-refractivity contribution in [2.24, 2.45) is 0 Å². The van der Waals surface area contributed by atoms with E-state index >= 15 is 0 Å². The van der Waals surface area contributed by atoms with Gasteiger partial charge in [-0.1, -0.05) is 25.8 Å². The van der Waals surface area contributed by atoms with E-state index in [0.717, 1.165) is 19.3 Å². The summed E-state index contributed by atoms with van der Waals surface area (Å²) in [5.41, 5.74) is 2.26. The Kier molecular flexibility index (Phi) is 6.53. The molecule has 122 valence electrons. The maximum Gasteiger partial charge on any atom is 0.272 e. The molecular weight excluding hydrogens is 283 g/mol. The van der Waals surface area contributed by atoms with Gasteiger partial charge in [0.25, 0.3) is 5.91 Å². The number of unbranched alkanes of at least 4 members (excludes halogenated alkanes) is 2. The van der Waals surface area contributed by atoms with Crippen LogP contribution in [0.2, 0.25) is 0 Å². The van der Waals surface area contributed by atoms with Crippen LogP contribution in [0.25, 0.3) is 0 Å². The Labute approximate surface area is 131 Å². The number of hydrogen-bond donors (Lipinski definition) is 1. The molecule has 0 radical (unpaired) electrons. The number of nitrogens with one attached hydrogen (secondary N) is 1. The Morgan fingerprint density at radius 2 is 1.91 bits per heavy atom. The molecule has 1 N–H and O–H groups in total. The summed E-state index contributed by atoms with van der Waals surface area (Å²) in [5.74, 6) is -1.10. The second kappa shape index (κ2) is 7.92. The summed E-state index contributed by atoms with van der Waals surface area (Å²) >= 11 is 0. The van der Waals surface area contributed by atoms with E-state index in [1.165, 1.54) is 29.3 Å². The maximum absolute atomic E-state index is 13.3. The van der Waals surface area contributed by atoms with Crippen molar-refractivity contribution in [2.75, 3.05) is 0 Å². The van der Waals surface area contributed by atoms with Crippen molar-refractivity contribution in [3.63, 3.8) is 0 Å². The first-order valence-corrected chi connectivity index (χ1v) is 7.65. The Morgan fingerprint density at radius 3 is 2.45 bits per heavy atom. The molecule has 1 aromatic carbocycles. The summed E-state index contributed by atoms with van der Waals surface area (Å²) in [6.07, 6.45) is 3.16. The molecule has 0 unspecified atom stereocenters. The first-order valence-electron chi connectivity index (χ1n) is 7.65. The molecule has 0 aliphatic carbocycles. The molecule has 1 rings (SSSR count). The summed E-state index contributed by atoms with van der Waals surface area (Å²) in [5, 5.41) is 1.27. The Bertz CT molecular complexity index is 524. The topological polar surface area (TPSA) is 49.4 Å². The van der Waals surface area contributed by atoms with Crippen molar-refractivity contribution in [1.29, 1.82) is 0 Å². The lowest BCUT2D eigenvalue weighted by molar-refractivity contribution is -0.127. The number of hydrogen-bond acceptors (Lipinski definition) is 2. The molecule has 0 fully saturated rings. The van der Waals surface area contributed by atoms with Crippen LogP contribution >= 0.6 is 0 Å². The zero-order valence-corrected chi connectivity index (χ0v) is 13.8. The monoisotopic (exact) mass is 308 g/mol. The standard InChI is InChI=1S/C17H25FN2O2/c1-5-6-7-11-15(21)19-20(17(2,3)4)16(22)13-9-8-10-14(18)12-13/h8-10,12H,5-7,11H2,1-4H3,(H,19,21). The Balaban J connectivity index is 2.85. The fraction of sp³-hybridized carbons (Fsp3) is 0.529. The third-order valence-electron chi connectivity index (χ3n) is 3.19. The molecule has 4 nitrogen and oxygen atoms in total. The predicted molar refractivity (Wildman–Crippen MR) is 84.6 cm³/mol. The molecule has 0 aromatic heterocycles. The highest BCUT2D eigenvalue weighted by molar-refractivity contribution is 5.95. The minimum absolute atomic E-state index is 0.201. The molecule has 0 aliphatic rings. The highest BCUT2D eigenvalue weighted by atomic mass is 19.1. The van der Waals surface area contributed by atoms with Crippen LogP contribution in [0.15, 0.2) is 24.3 Å². The van der Waals surface area contributed by atoms with E-state index < -0.39 is 17.3 Å². The van der Waals surface area contributed by atoms with Crippen LogP contribution < -0.4 is 5.43 Å². The second-order valence-electron chi connectivity index (χ2n) is 6.31. The number of rotatable bonds is 5. The second-order valence-corrected chi connectivity index (χ2v) is 6.31. The average Bonchev–Trinajstić information content (AvgIpc) is 2.43. The number of nitrogens with zero attached hydrogens (tertiary/aromatic N) is 1. The molecule has 0 bridgehead atoms. The number of carbonyl (C=O) groups is 2. The quantitative estimate of drug-likeness (QED) is 0.666.